The van der Waals surface area contributed by atoms with Gasteiger partial charge in [-0.2, -0.15) is 0 Å². The standard InChI is InChI=1S/C29H32O6/c1-3-5-17-23-25(19-33-28(31)21-13-9-7-10-14-21)35-26(24(27(23)30)18-6-4-2)20-34-29(32)22-15-11-8-12-16-22/h7-16H,3-6,17-20H2,1-2H3. The molecule has 0 spiro atoms. The van der Waals surface area contributed by atoms with Crippen LogP contribution in [-0.4, -0.2) is 11.9 Å². The van der Waals surface area contributed by atoms with Gasteiger partial charge in [0.2, 0.25) is 0 Å². The number of hydrogen-bond donors (Lipinski definition) is 0. The summed E-state index contributed by atoms with van der Waals surface area (Å²) in [5, 5.41) is 0. The molecule has 0 amide bonds. The Morgan fingerprint density at radius 3 is 1.46 bits per heavy atom. The maximum atomic E-state index is 13.5. The summed E-state index contributed by atoms with van der Waals surface area (Å²) >= 11 is 0. The largest absolute Gasteiger partial charge is 0.458 e. The van der Waals surface area contributed by atoms with Crippen molar-refractivity contribution in [2.24, 2.45) is 0 Å². The zero-order chi connectivity index (χ0) is 25.0. The van der Waals surface area contributed by atoms with Crippen LogP contribution in [-0.2, 0) is 35.5 Å². The van der Waals surface area contributed by atoms with Gasteiger partial charge in [-0.1, -0.05) is 63.1 Å². The summed E-state index contributed by atoms with van der Waals surface area (Å²) in [6.07, 6.45) is 4.48. The van der Waals surface area contributed by atoms with Gasteiger partial charge in [0.25, 0.3) is 0 Å². The van der Waals surface area contributed by atoms with Crippen LogP contribution in [0.25, 0.3) is 0 Å². The molecule has 0 atom stereocenters. The molecule has 0 saturated carbocycles. The first-order valence-corrected chi connectivity index (χ1v) is 12.2. The molecule has 3 aromatic rings. The van der Waals surface area contributed by atoms with Crippen LogP contribution in [0.15, 0.2) is 69.9 Å². The second-order valence-electron chi connectivity index (χ2n) is 8.33. The molecule has 2 aromatic carbocycles. The average Bonchev–Trinajstić information content (AvgIpc) is 2.90. The van der Waals surface area contributed by atoms with Crippen LogP contribution >= 0.6 is 0 Å². The molecule has 0 aliphatic carbocycles. The molecule has 35 heavy (non-hydrogen) atoms. The zero-order valence-electron chi connectivity index (χ0n) is 20.4. The summed E-state index contributed by atoms with van der Waals surface area (Å²) in [6, 6.07) is 17.3. The van der Waals surface area contributed by atoms with Crippen LogP contribution in [0, 0.1) is 0 Å². The number of ether oxygens (including phenoxy) is 2. The van der Waals surface area contributed by atoms with E-state index < -0.39 is 11.9 Å². The Kier molecular flexibility index (Phi) is 9.84. The third-order valence-corrected chi connectivity index (χ3v) is 5.72. The van der Waals surface area contributed by atoms with Crippen LogP contribution in [0.2, 0.25) is 0 Å². The van der Waals surface area contributed by atoms with Crippen molar-refractivity contribution in [2.75, 3.05) is 0 Å². The van der Waals surface area contributed by atoms with E-state index in [4.69, 9.17) is 13.9 Å². The van der Waals surface area contributed by atoms with Gasteiger partial charge in [0.15, 0.2) is 5.43 Å². The van der Waals surface area contributed by atoms with Gasteiger partial charge in [0, 0.05) is 11.1 Å². The SMILES string of the molecule is CCCCc1c(COC(=O)c2ccccc2)oc(COC(=O)c2ccccc2)c(CCCC)c1=O. The van der Waals surface area contributed by atoms with Gasteiger partial charge in [-0.05, 0) is 49.9 Å². The van der Waals surface area contributed by atoms with E-state index in [-0.39, 0.29) is 18.6 Å². The lowest BCUT2D eigenvalue weighted by Crippen LogP contribution is -2.22. The molecule has 0 saturated heterocycles. The van der Waals surface area contributed by atoms with E-state index >= 15 is 0 Å². The van der Waals surface area contributed by atoms with Crippen LogP contribution in [0.5, 0.6) is 0 Å². The van der Waals surface area contributed by atoms with Crippen molar-refractivity contribution in [3.63, 3.8) is 0 Å². The van der Waals surface area contributed by atoms with Crippen molar-refractivity contribution in [3.05, 3.63) is 105 Å². The van der Waals surface area contributed by atoms with Crippen LogP contribution in [0.4, 0.5) is 0 Å². The molecular weight excluding hydrogens is 444 g/mol. The third kappa shape index (κ3) is 7.15. The Hall–Kier alpha value is -3.67. The summed E-state index contributed by atoms with van der Waals surface area (Å²) in [7, 11) is 0. The van der Waals surface area contributed by atoms with E-state index in [1.807, 2.05) is 26.0 Å². The molecule has 1 aromatic heterocycles. The van der Waals surface area contributed by atoms with Crippen molar-refractivity contribution in [2.45, 2.75) is 65.6 Å². The summed E-state index contributed by atoms with van der Waals surface area (Å²) < 4.78 is 17.1. The van der Waals surface area contributed by atoms with E-state index in [0.717, 1.165) is 25.7 Å². The van der Waals surface area contributed by atoms with Gasteiger partial charge in [-0.25, -0.2) is 9.59 Å². The Morgan fingerprint density at radius 2 is 1.09 bits per heavy atom. The Morgan fingerprint density at radius 1 is 0.686 bits per heavy atom. The van der Waals surface area contributed by atoms with Crippen molar-refractivity contribution in [1.29, 1.82) is 0 Å². The highest BCUT2D eigenvalue weighted by molar-refractivity contribution is 5.89. The fraction of sp³-hybridized carbons (Fsp3) is 0.345. The summed E-state index contributed by atoms with van der Waals surface area (Å²) in [4.78, 5) is 38.5. The Balaban J connectivity index is 1.90. The topological polar surface area (TPSA) is 82.8 Å². The molecule has 6 nitrogen and oxygen atoms in total. The van der Waals surface area contributed by atoms with Gasteiger partial charge in [0.05, 0.1) is 11.1 Å². The summed E-state index contributed by atoms with van der Waals surface area (Å²) in [5.74, 6) is -0.388. The zero-order valence-corrected chi connectivity index (χ0v) is 20.4. The van der Waals surface area contributed by atoms with E-state index in [9.17, 15) is 14.4 Å². The molecule has 0 radical (unpaired) electrons. The van der Waals surface area contributed by atoms with Crippen LogP contribution in [0.1, 0.15) is 82.9 Å². The first-order valence-electron chi connectivity index (χ1n) is 12.2. The lowest BCUT2D eigenvalue weighted by Gasteiger charge is -2.15. The quantitative estimate of drug-likeness (QED) is 0.296. The monoisotopic (exact) mass is 476 g/mol. The van der Waals surface area contributed by atoms with Crippen molar-refractivity contribution < 1.29 is 23.5 Å². The number of rotatable bonds is 12. The van der Waals surface area contributed by atoms with E-state index in [1.165, 1.54) is 0 Å². The van der Waals surface area contributed by atoms with Crippen LogP contribution < -0.4 is 5.43 Å². The average molecular weight is 477 g/mol. The first kappa shape index (κ1) is 25.9. The smallest absolute Gasteiger partial charge is 0.338 e. The summed E-state index contributed by atoms with van der Waals surface area (Å²) in [6.45, 7) is 3.75. The lowest BCUT2D eigenvalue weighted by atomic mass is 10.00. The number of hydrogen-bond acceptors (Lipinski definition) is 6. The number of unbranched alkanes of at least 4 members (excludes halogenated alkanes) is 2. The minimum absolute atomic E-state index is 0.116. The molecule has 184 valence electrons. The molecule has 0 N–H and O–H groups in total. The molecule has 1 heterocycles. The predicted molar refractivity (Wildman–Crippen MR) is 133 cm³/mol. The molecule has 6 heteroatoms. The van der Waals surface area contributed by atoms with Crippen LogP contribution in [0.3, 0.4) is 0 Å². The van der Waals surface area contributed by atoms with Gasteiger partial charge < -0.3 is 13.9 Å². The van der Waals surface area contributed by atoms with E-state index in [1.54, 1.807) is 48.5 Å². The first-order chi connectivity index (χ1) is 17.0. The maximum absolute atomic E-state index is 13.5. The lowest BCUT2D eigenvalue weighted by molar-refractivity contribution is 0.0405. The molecule has 0 aliphatic rings. The van der Waals surface area contributed by atoms with E-state index in [0.29, 0.717) is 46.6 Å². The summed E-state index contributed by atoms with van der Waals surface area (Å²) in [5.41, 5.74) is 1.77. The minimum atomic E-state index is -0.498. The van der Waals surface area contributed by atoms with E-state index in [2.05, 4.69) is 0 Å². The van der Waals surface area contributed by atoms with Gasteiger partial charge in [0.1, 0.15) is 24.7 Å². The Bertz CT molecular complexity index is 1080. The molecule has 0 bridgehead atoms. The third-order valence-electron chi connectivity index (χ3n) is 5.72. The molecule has 0 unspecified atom stereocenters. The second kappa shape index (κ2) is 13.3. The second-order valence-corrected chi connectivity index (χ2v) is 8.33. The van der Waals surface area contributed by atoms with Crippen molar-refractivity contribution >= 4 is 11.9 Å². The number of carbonyl (C=O) groups excluding carboxylic acids is 2. The molecular formula is C29H32O6. The van der Waals surface area contributed by atoms with Gasteiger partial charge in [-0.15, -0.1) is 0 Å². The highest BCUT2D eigenvalue weighted by atomic mass is 16.6. The number of esters is 2. The van der Waals surface area contributed by atoms with Gasteiger partial charge >= 0.3 is 11.9 Å². The van der Waals surface area contributed by atoms with Crippen molar-refractivity contribution in [1.82, 2.24) is 0 Å². The highest BCUT2D eigenvalue weighted by Crippen LogP contribution is 2.20. The van der Waals surface area contributed by atoms with Gasteiger partial charge in [-0.3, -0.25) is 4.79 Å². The minimum Gasteiger partial charge on any atom is -0.458 e. The number of benzene rings is 2. The molecule has 0 fully saturated rings. The Labute approximate surface area is 205 Å². The molecule has 0 aliphatic heterocycles. The predicted octanol–water partition coefficient (Wildman–Crippen LogP) is 6.04. The molecule has 3 rings (SSSR count). The highest BCUT2D eigenvalue weighted by Gasteiger charge is 2.21. The maximum Gasteiger partial charge on any atom is 0.338 e. The fourth-order valence-electron chi connectivity index (χ4n) is 3.73. The number of carbonyl (C=O) groups is 2. The normalized spacial score (nSPS) is 10.7. The fourth-order valence-corrected chi connectivity index (χ4v) is 3.73. The van der Waals surface area contributed by atoms with Crippen molar-refractivity contribution in [3.8, 4) is 0 Å².